The van der Waals surface area contributed by atoms with Crippen LogP contribution in [0.3, 0.4) is 0 Å². The van der Waals surface area contributed by atoms with Gasteiger partial charge in [0.2, 0.25) is 0 Å². The molecule has 0 saturated carbocycles. The normalized spacial score (nSPS) is 17.1. The molecule has 36 heavy (non-hydrogen) atoms. The van der Waals surface area contributed by atoms with Gasteiger partial charge in [0, 0.05) is 29.5 Å². The molecule has 2 aromatic carbocycles. The molecular weight excluding hydrogens is 472 g/mol. The number of hydrogen-bond donors (Lipinski definition) is 1. The number of ether oxygens (including phenoxy) is 2. The molecule has 7 nitrogen and oxygen atoms in total. The summed E-state index contributed by atoms with van der Waals surface area (Å²) in [5, 5.41) is 4.10. The number of esters is 1. The van der Waals surface area contributed by atoms with Gasteiger partial charge < -0.3 is 24.3 Å². The van der Waals surface area contributed by atoms with Gasteiger partial charge in [0.1, 0.15) is 11.8 Å². The zero-order chi connectivity index (χ0) is 25.1. The van der Waals surface area contributed by atoms with Gasteiger partial charge in [0.15, 0.2) is 5.11 Å². The molecule has 8 heteroatoms. The molecular formula is C28H26N4O3S. The van der Waals surface area contributed by atoms with E-state index >= 15 is 0 Å². The van der Waals surface area contributed by atoms with Gasteiger partial charge >= 0.3 is 5.97 Å². The van der Waals surface area contributed by atoms with Gasteiger partial charge in [-0.25, -0.2) is 4.79 Å². The smallest absolute Gasteiger partial charge is 0.337 e. The molecule has 1 N–H and O–H groups in total. The number of thiocarbonyl (C=S) groups is 1. The summed E-state index contributed by atoms with van der Waals surface area (Å²) < 4.78 is 12.6. The van der Waals surface area contributed by atoms with E-state index in [4.69, 9.17) is 21.7 Å². The molecule has 0 radical (unpaired) electrons. The Balaban J connectivity index is 1.62. The lowest BCUT2D eigenvalue weighted by Crippen LogP contribution is -2.30. The zero-order valence-electron chi connectivity index (χ0n) is 20.0. The van der Waals surface area contributed by atoms with Crippen molar-refractivity contribution in [3.05, 3.63) is 108 Å². The summed E-state index contributed by atoms with van der Waals surface area (Å²) in [6.45, 7) is 2.57. The van der Waals surface area contributed by atoms with Crippen LogP contribution < -0.4 is 15.0 Å². The quantitative estimate of drug-likeness (QED) is 0.276. The minimum Gasteiger partial charge on any atom is -0.494 e. The second-order valence-electron chi connectivity index (χ2n) is 8.27. The number of hydrogen-bond acceptors (Lipinski definition) is 5. The summed E-state index contributed by atoms with van der Waals surface area (Å²) in [6, 6.07) is 24.9. The number of anilines is 1. The van der Waals surface area contributed by atoms with E-state index in [1.165, 1.54) is 7.11 Å². The maximum atomic E-state index is 12.2. The van der Waals surface area contributed by atoms with Crippen molar-refractivity contribution in [1.29, 1.82) is 0 Å². The van der Waals surface area contributed by atoms with Crippen LogP contribution in [0.2, 0.25) is 0 Å². The molecule has 2 atom stereocenters. The lowest BCUT2D eigenvalue weighted by atomic mass is 10.0. The highest BCUT2D eigenvalue weighted by molar-refractivity contribution is 7.80. The number of aromatic nitrogens is 2. The first-order chi connectivity index (χ1) is 17.6. The fourth-order valence-corrected chi connectivity index (χ4v) is 4.92. The van der Waals surface area contributed by atoms with Gasteiger partial charge in [-0.2, -0.15) is 0 Å². The molecule has 3 heterocycles. The predicted octanol–water partition coefficient (Wildman–Crippen LogP) is 5.23. The lowest BCUT2D eigenvalue weighted by Gasteiger charge is -2.29. The summed E-state index contributed by atoms with van der Waals surface area (Å²) in [5.41, 5.74) is 4.15. The Hall–Kier alpha value is -4.17. The number of benzene rings is 2. The van der Waals surface area contributed by atoms with Gasteiger partial charge in [0.25, 0.3) is 0 Å². The summed E-state index contributed by atoms with van der Waals surface area (Å²) >= 11 is 5.85. The van der Waals surface area contributed by atoms with Crippen molar-refractivity contribution in [2.75, 3.05) is 18.6 Å². The molecule has 1 aliphatic rings. The summed E-state index contributed by atoms with van der Waals surface area (Å²) in [6.07, 6.45) is 3.77. The first kappa shape index (κ1) is 23.6. The first-order valence-corrected chi connectivity index (χ1v) is 12.1. The molecule has 5 rings (SSSR count). The van der Waals surface area contributed by atoms with Crippen LogP contribution in [0, 0.1) is 0 Å². The summed E-state index contributed by atoms with van der Waals surface area (Å²) in [5.74, 6) is 0.428. The molecule has 2 aromatic heterocycles. The third-order valence-corrected chi connectivity index (χ3v) is 6.47. The molecule has 0 bridgehead atoms. The zero-order valence-corrected chi connectivity index (χ0v) is 20.8. The first-order valence-electron chi connectivity index (χ1n) is 11.7. The van der Waals surface area contributed by atoms with Crippen molar-refractivity contribution in [2.24, 2.45) is 0 Å². The Bertz CT molecular complexity index is 1370. The van der Waals surface area contributed by atoms with Crippen LogP contribution in [-0.4, -0.2) is 34.3 Å². The lowest BCUT2D eigenvalue weighted by molar-refractivity contribution is 0.0600. The standard InChI is InChI=1S/C28H26N4O3S/c1-3-35-22-14-12-20(13-15-22)32-26(25(30-28(32)36)23-10-4-5-16-29-23)24-11-7-17-31(24)21-9-6-8-19(18-21)27(33)34-2/h4-18,25-26H,3H2,1-2H3,(H,30,36)/t25-,26-/m1/s1. The number of carbonyl (C=O) groups excluding carboxylic acids is 1. The third kappa shape index (κ3) is 4.43. The van der Waals surface area contributed by atoms with Crippen LogP contribution in [0.5, 0.6) is 5.75 Å². The molecule has 182 valence electrons. The third-order valence-electron chi connectivity index (χ3n) is 6.15. The molecule has 0 amide bonds. The van der Waals surface area contributed by atoms with Gasteiger partial charge in [-0.15, -0.1) is 0 Å². The minimum absolute atomic E-state index is 0.192. The van der Waals surface area contributed by atoms with E-state index < -0.39 is 0 Å². The van der Waals surface area contributed by atoms with Crippen molar-refractivity contribution >= 4 is 29.0 Å². The highest BCUT2D eigenvalue weighted by Gasteiger charge is 2.42. The molecule has 0 spiro atoms. The van der Waals surface area contributed by atoms with Crippen LogP contribution >= 0.6 is 12.2 Å². The molecule has 0 unspecified atom stereocenters. The molecule has 0 aliphatic carbocycles. The summed E-state index contributed by atoms with van der Waals surface area (Å²) in [4.78, 5) is 18.9. The minimum atomic E-state index is -0.378. The highest BCUT2D eigenvalue weighted by atomic mass is 32.1. The number of carbonyl (C=O) groups is 1. The van der Waals surface area contributed by atoms with E-state index in [2.05, 4.69) is 25.8 Å². The number of rotatable bonds is 7. The van der Waals surface area contributed by atoms with E-state index in [9.17, 15) is 4.79 Å². The average Bonchev–Trinajstić information content (AvgIpc) is 3.54. The number of methoxy groups -OCH3 is 1. The highest BCUT2D eigenvalue weighted by Crippen LogP contribution is 2.42. The van der Waals surface area contributed by atoms with Crippen LogP contribution in [0.1, 0.15) is 40.8 Å². The SMILES string of the molecule is CCOc1ccc(N2C(=S)N[C@H](c3ccccn3)[C@H]2c2cccn2-c2cccc(C(=O)OC)c2)cc1. The number of pyridine rings is 1. The second kappa shape index (κ2) is 10.2. The van der Waals surface area contributed by atoms with Crippen molar-refractivity contribution in [2.45, 2.75) is 19.0 Å². The summed E-state index contributed by atoms with van der Waals surface area (Å²) in [7, 11) is 1.38. The van der Waals surface area contributed by atoms with Gasteiger partial charge in [-0.1, -0.05) is 12.1 Å². The maximum absolute atomic E-state index is 12.2. The second-order valence-corrected chi connectivity index (χ2v) is 8.66. The van der Waals surface area contributed by atoms with Crippen molar-refractivity contribution in [3.8, 4) is 11.4 Å². The van der Waals surface area contributed by atoms with Gasteiger partial charge in [-0.3, -0.25) is 4.98 Å². The number of nitrogens with one attached hydrogen (secondary N) is 1. The Kier molecular flexibility index (Phi) is 6.69. The fourth-order valence-electron chi connectivity index (χ4n) is 4.57. The maximum Gasteiger partial charge on any atom is 0.337 e. The van der Waals surface area contributed by atoms with Gasteiger partial charge in [0.05, 0.1) is 31.0 Å². The Morgan fingerprint density at radius 3 is 2.58 bits per heavy atom. The molecule has 1 aliphatic heterocycles. The van der Waals surface area contributed by atoms with E-state index in [-0.39, 0.29) is 18.1 Å². The average molecular weight is 499 g/mol. The van der Waals surface area contributed by atoms with E-state index in [0.717, 1.165) is 28.5 Å². The molecule has 4 aromatic rings. The topological polar surface area (TPSA) is 68.6 Å². The van der Waals surface area contributed by atoms with Crippen molar-refractivity contribution in [1.82, 2.24) is 14.9 Å². The van der Waals surface area contributed by atoms with Crippen molar-refractivity contribution < 1.29 is 14.3 Å². The van der Waals surface area contributed by atoms with E-state index in [1.54, 1.807) is 12.3 Å². The van der Waals surface area contributed by atoms with Crippen LogP contribution in [0.15, 0.2) is 91.3 Å². The predicted molar refractivity (Wildman–Crippen MR) is 143 cm³/mol. The molecule has 1 fully saturated rings. The van der Waals surface area contributed by atoms with Gasteiger partial charge in [-0.05, 0) is 85.9 Å². The Morgan fingerprint density at radius 2 is 1.86 bits per heavy atom. The van der Waals surface area contributed by atoms with Crippen LogP contribution in [0.25, 0.3) is 5.69 Å². The Morgan fingerprint density at radius 1 is 1.03 bits per heavy atom. The fraction of sp³-hybridized carbons (Fsp3) is 0.179. The van der Waals surface area contributed by atoms with E-state index in [1.807, 2.05) is 79.9 Å². The largest absolute Gasteiger partial charge is 0.494 e. The molecule has 1 saturated heterocycles. The van der Waals surface area contributed by atoms with E-state index in [0.29, 0.717) is 17.3 Å². The number of nitrogens with zero attached hydrogens (tertiary/aromatic N) is 3. The van der Waals surface area contributed by atoms with Crippen molar-refractivity contribution in [3.63, 3.8) is 0 Å². The van der Waals surface area contributed by atoms with Crippen LogP contribution in [-0.2, 0) is 4.74 Å². The Labute approximate surface area is 215 Å². The monoisotopic (exact) mass is 498 g/mol. The van der Waals surface area contributed by atoms with Crippen LogP contribution in [0.4, 0.5) is 5.69 Å².